The normalized spacial score (nSPS) is 11.9. The molecule has 0 bridgehead atoms. The average molecular weight is 292 g/mol. The number of carbonyl (C=O) groups is 1. The molecule has 3 aromatic rings. The highest BCUT2D eigenvalue weighted by molar-refractivity contribution is 5.94. The number of benzene rings is 1. The lowest BCUT2D eigenvalue weighted by Gasteiger charge is -2.19. The van der Waals surface area contributed by atoms with Crippen molar-refractivity contribution in [2.75, 3.05) is 0 Å². The van der Waals surface area contributed by atoms with E-state index in [9.17, 15) is 4.79 Å². The van der Waals surface area contributed by atoms with E-state index in [1.807, 2.05) is 48.1 Å². The SMILES string of the molecule is Cn1ccnc1[C@H](NC(=O)c1cccnc1)c1ccccc1. The maximum Gasteiger partial charge on any atom is 0.253 e. The van der Waals surface area contributed by atoms with Crippen LogP contribution in [-0.2, 0) is 7.05 Å². The molecule has 5 heteroatoms. The number of aryl methyl sites for hydroxylation is 1. The molecule has 0 saturated heterocycles. The van der Waals surface area contributed by atoms with E-state index in [0.717, 1.165) is 11.4 Å². The number of hydrogen-bond acceptors (Lipinski definition) is 3. The standard InChI is InChI=1S/C17H16N4O/c1-21-11-10-19-16(21)15(13-6-3-2-4-7-13)20-17(22)14-8-5-9-18-12-14/h2-12,15H,1H3,(H,20,22)/t15-/m1/s1. The third-order valence-corrected chi connectivity index (χ3v) is 3.45. The smallest absolute Gasteiger partial charge is 0.253 e. The van der Waals surface area contributed by atoms with E-state index in [0.29, 0.717) is 5.56 Å². The Kier molecular flexibility index (Phi) is 3.96. The summed E-state index contributed by atoms with van der Waals surface area (Å²) in [6.45, 7) is 0. The van der Waals surface area contributed by atoms with Crippen LogP contribution in [0.3, 0.4) is 0 Å². The number of aromatic nitrogens is 3. The lowest BCUT2D eigenvalue weighted by atomic mass is 10.1. The molecule has 0 spiro atoms. The first kappa shape index (κ1) is 14.0. The van der Waals surface area contributed by atoms with E-state index in [1.54, 1.807) is 30.7 Å². The molecule has 3 rings (SSSR count). The molecule has 1 aromatic carbocycles. The second-order valence-corrected chi connectivity index (χ2v) is 4.96. The van der Waals surface area contributed by atoms with Crippen molar-refractivity contribution in [3.63, 3.8) is 0 Å². The number of nitrogens with zero attached hydrogens (tertiary/aromatic N) is 3. The van der Waals surface area contributed by atoms with Crippen LogP contribution in [0.5, 0.6) is 0 Å². The number of nitrogens with one attached hydrogen (secondary N) is 1. The maximum absolute atomic E-state index is 12.4. The second-order valence-electron chi connectivity index (χ2n) is 4.96. The molecule has 2 heterocycles. The Morgan fingerprint density at radius 3 is 2.59 bits per heavy atom. The highest BCUT2D eigenvalue weighted by Gasteiger charge is 2.21. The van der Waals surface area contributed by atoms with Gasteiger partial charge in [-0.3, -0.25) is 9.78 Å². The van der Waals surface area contributed by atoms with Crippen molar-refractivity contribution < 1.29 is 4.79 Å². The van der Waals surface area contributed by atoms with Crippen molar-refractivity contribution in [3.8, 4) is 0 Å². The molecular formula is C17H16N4O. The molecule has 2 aromatic heterocycles. The van der Waals surface area contributed by atoms with E-state index >= 15 is 0 Å². The van der Waals surface area contributed by atoms with Crippen LogP contribution in [0.2, 0.25) is 0 Å². The van der Waals surface area contributed by atoms with Gasteiger partial charge in [-0.25, -0.2) is 4.98 Å². The summed E-state index contributed by atoms with van der Waals surface area (Å²) in [6, 6.07) is 13.0. The molecule has 0 radical (unpaired) electrons. The predicted octanol–water partition coefficient (Wildman–Crippen LogP) is 2.33. The second kappa shape index (κ2) is 6.22. The zero-order valence-electron chi connectivity index (χ0n) is 12.2. The fraction of sp³-hybridized carbons (Fsp3) is 0.118. The maximum atomic E-state index is 12.4. The minimum atomic E-state index is -0.311. The van der Waals surface area contributed by atoms with E-state index in [2.05, 4.69) is 15.3 Å². The summed E-state index contributed by atoms with van der Waals surface area (Å²) in [5, 5.41) is 3.03. The summed E-state index contributed by atoms with van der Waals surface area (Å²) >= 11 is 0. The van der Waals surface area contributed by atoms with Gasteiger partial charge >= 0.3 is 0 Å². The average Bonchev–Trinajstić information content (AvgIpc) is 3.00. The van der Waals surface area contributed by atoms with Gasteiger partial charge in [-0.2, -0.15) is 0 Å². The quantitative estimate of drug-likeness (QED) is 0.803. The van der Waals surface area contributed by atoms with Crippen LogP contribution < -0.4 is 5.32 Å². The zero-order valence-corrected chi connectivity index (χ0v) is 12.2. The Balaban J connectivity index is 1.93. The number of hydrogen-bond donors (Lipinski definition) is 1. The number of pyridine rings is 1. The van der Waals surface area contributed by atoms with Gasteiger partial charge in [-0.1, -0.05) is 30.3 Å². The van der Waals surface area contributed by atoms with E-state index in [-0.39, 0.29) is 11.9 Å². The highest BCUT2D eigenvalue weighted by atomic mass is 16.1. The van der Waals surface area contributed by atoms with Gasteiger partial charge in [0, 0.05) is 31.8 Å². The summed E-state index contributed by atoms with van der Waals surface area (Å²) in [5.41, 5.74) is 1.51. The molecule has 1 N–H and O–H groups in total. The minimum Gasteiger partial charge on any atom is -0.338 e. The molecule has 0 aliphatic rings. The largest absolute Gasteiger partial charge is 0.338 e. The fourth-order valence-corrected chi connectivity index (χ4v) is 2.31. The first-order valence-corrected chi connectivity index (χ1v) is 6.99. The van der Waals surface area contributed by atoms with Gasteiger partial charge in [-0.05, 0) is 17.7 Å². The van der Waals surface area contributed by atoms with Crippen LogP contribution in [-0.4, -0.2) is 20.4 Å². The lowest BCUT2D eigenvalue weighted by Crippen LogP contribution is -2.31. The Morgan fingerprint density at radius 1 is 1.14 bits per heavy atom. The number of amides is 1. The van der Waals surface area contributed by atoms with Gasteiger partial charge in [-0.15, -0.1) is 0 Å². The van der Waals surface area contributed by atoms with Crippen molar-refractivity contribution >= 4 is 5.91 Å². The topological polar surface area (TPSA) is 59.8 Å². The fourth-order valence-electron chi connectivity index (χ4n) is 2.31. The van der Waals surface area contributed by atoms with Gasteiger partial charge in [0.05, 0.1) is 5.56 Å². The number of rotatable bonds is 4. The van der Waals surface area contributed by atoms with Crippen molar-refractivity contribution in [3.05, 3.63) is 84.2 Å². The van der Waals surface area contributed by atoms with Crippen molar-refractivity contribution in [2.45, 2.75) is 6.04 Å². The first-order chi connectivity index (χ1) is 10.8. The van der Waals surface area contributed by atoms with Gasteiger partial charge in [0.1, 0.15) is 11.9 Å². The Labute approximate surface area is 128 Å². The van der Waals surface area contributed by atoms with Gasteiger partial charge in [0.2, 0.25) is 0 Å². The molecule has 1 amide bonds. The van der Waals surface area contributed by atoms with Crippen molar-refractivity contribution in [1.29, 1.82) is 0 Å². The Bertz CT molecular complexity index is 753. The third kappa shape index (κ3) is 2.88. The molecule has 0 saturated carbocycles. The summed E-state index contributed by atoms with van der Waals surface area (Å²) in [7, 11) is 1.91. The van der Waals surface area contributed by atoms with E-state index in [1.165, 1.54) is 0 Å². The molecule has 0 fully saturated rings. The molecule has 0 aliphatic heterocycles. The molecule has 110 valence electrons. The van der Waals surface area contributed by atoms with Gasteiger partial charge in [0.25, 0.3) is 5.91 Å². The van der Waals surface area contributed by atoms with Crippen LogP contribution in [0.1, 0.15) is 27.8 Å². The summed E-state index contributed by atoms with van der Waals surface area (Å²) in [6.07, 6.45) is 6.78. The molecular weight excluding hydrogens is 276 g/mol. The van der Waals surface area contributed by atoms with Gasteiger partial charge < -0.3 is 9.88 Å². The summed E-state index contributed by atoms with van der Waals surface area (Å²) in [5.74, 6) is 0.605. The van der Waals surface area contributed by atoms with Gasteiger partial charge in [0.15, 0.2) is 0 Å². The first-order valence-electron chi connectivity index (χ1n) is 6.99. The molecule has 1 atom stereocenters. The zero-order chi connectivity index (χ0) is 15.4. The van der Waals surface area contributed by atoms with Crippen molar-refractivity contribution in [1.82, 2.24) is 19.9 Å². The monoisotopic (exact) mass is 292 g/mol. The van der Waals surface area contributed by atoms with Crippen LogP contribution >= 0.6 is 0 Å². The molecule has 0 unspecified atom stereocenters. The Morgan fingerprint density at radius 2 is 1.95 bits per heavy atom. The van der Waals surface area contributed by atoms with E-state index in [4.69, 9.17) is 0 Å². The highest BCUT2D eigenvalue weighted by Crippen LogP contribution is 2.20. The van der Waals surface area contributed by atoms with Crippen LogP contribution in [0.4, 0.5) is 0 Å². The molecule has 22 heavy (non-hydrogen) atoms. The van der Waals surface area contributed by atoms with Crippen LogP contribution in [0.15, 0.2) is 67.3 Å². The third-order valence-electron chi connectivity index (χ3n) is 3.45. The summed E-state index contributed by atoms with van der Waals surface area (Å²) in [4.78, 5) is 20.8. The minimum absolute atomic E-state index is 0.176. The van der Waals surface area contributed by atoms with Crippen LogP contribution in [0, 0.1) is 0 Å². The summed E-state index contributed by atoms with van der Waals surface area (Å²) < 4.78 is 1.90. The lowest BCUT2D eigenvalue weighted by molar-refractivity contribution is 0.0941. The molecule has 5 nitrogen and oxygen atoms in total. The number of carbonyl (C=O) groups excluding carboxylic acids is 1. The number of imidazole rings is 1. The van der Waals surface area contributed by atoms with Crippen molar-refractivity contribution in [2.24, 2.45) is 7.05 Å². The predicted molar refractivity (Wildman–Crippen MR) is 83.2 cm³/mol. The molecule has 0 aliphatic carbocycles. The Hall–Kier alpha value is -2.95. The van der Waals surface area contributed by atoms with Crippen LogP contribution in [0.25, 0.3) is 0 Å². The van der Waals surface area contributed by atoms with E-state index < -0.39 is 0 Å².